The molecule has 0 aliphatic carbocycles. The molecule has 90 valence electrons. The maximum absolute atomic E-state index is 5.79. The molecule has 1 rings (SSSR count). The minimum Gasteiger partial charge on any atom is -0.381 e. The van der Waals surface area contributed by atoms with Gasteiger partial charge in [0.2, 0.25) is 0 Å². The predicted octanol–water partition coefficient (Wildman–Crippen LogP) is 3.25. The monoisotopic (exact) mass is 214 g/mol. The molecular weight excluding hydrogens is 188 g/mol. The van der Waals surface area contributed by atoms with Gasteiger partial charge >= 0.3 is 0 Å². The number of hydrogen-bond donors (Lipinski definition) is 0. The van der Waals surface area contributed by atoms with Crippen molar-refractivity contribution in [2.24, 2.45) is 11.8 Å². The lowest BCUT2D eigenvalue weighted by molar-refractivity contribution is -0.0286. The highest BCUT2D eigenvalue weighted by molar-refractivity contribution is 4.68. The normalized spacial score (nSPS) is 25.2. The molecule has 0 aromatic rings. The molecule has 0 aromatic carbocycles. The molecule has 0 N–H and O–H groups in total. The number of hydrogen-bond acceptors (Lipinski definition) is 2. The van der Waals surface area contributed by atoms with Crippen LogP contribution in [0.25, 0.3) is 0 Å². The summed E-state index contributed by atoms with van der Waals surface area (Å²) in [7, 11) is 0. The molecule has 2 nitrogen and oxygen atoms in total. The Morgan fingerprint density at radius 3 is 2.67 bits per heavy atom. The molecule has 0 bridgehead atoms. The smallest absolute Gasteiger partial charge is 0.0598 e. The summed E-state index contributed by atoms with van der Waals surface area (Å²) in [5.74, 6) is 1.41. The second-order valence-electron chi connectivity index (χ2n) is 5.85. The second-order valence-corrected chi connectivity index (χ2v) is 5.85. The number of ether oxygens (including phenoxy) is 2. The molecule has 1 saturated heterocycles. The van der Waals surface area contributed by atoms with Crippen molar-refractivity contribution in [3.8, 4) is 0 Å². The van der Waals surface area contributed by atoms with E-state index in [1.165, 1.54) is 19.3 Å². The Morgan fingerprint density at radius 1 is 1.40 bits per heavy atom. The third-order valence-corrected chi connectivity index (χ3v) is 2.79. The summed E-state index contributed by atoms with van der Waals surface area (Å²) in [5.41, 5.74) is -0.00265. The maximum Gasteiger partial charge on any atom is 0.0598 e. The van der Waals surface area contributed by atoms with Gasteiger partial charge in [0.25, 0.3) is 0 Å². The van der Waals surface area contributed by atoms with E-state index in [-0.39, 0.29) is 5.60 Å². The average Bonchev–Trinajstić information content (AvgIpc) is 2.15. The molecule has 2 heteroatoms. The van der Waals surface area contributed by atoms with Crippen molar-refractivity contribution in [3.63, 3.8) is 0 Å². The molecule has 0 saturated carbocycles. The van der Waals surface area contributed by atoms with E-state index in [4.69, 9.17) is 9.47 Å². The highest BCUT2D eigenvalue weighted by atomic mass is 16.5. The zero-order valence-electron chi connectivity index (χ0n) is 10.7. The van der Waals surface area contributed by atoms with Crippen molar-refractivity contribution in [1.82, 2.24) is 0 Å². The van der Waals surface area contributed by atoms with Crippen LogP contribution in [-0.2, 0) is 9.47 Å². The van der Waals surface area contributed by atoms with Gasteiger partial charge < -0.3 is 9.47 Å². The van der Waals surface area contributed by atoms with Gasteiger partial charge in [-0.05, 0) is 51.9 Å². The molecule has 2 atom stereocenters. The molecule has 0 radical (unpaired) electrons. The third kappa shape index (κ3) is 6.16. The summed E-state index contributed by atoms with van der Waals surface area (Å²) in [6.07, 6.45) is 3.81. The first-order valence-electron chi connectivity index (χ1n) is 6.19. The minimum absolute atomic E-state index is 0.00265. The van der Waals surface area contributed by atoms with Crippen LogP contribution in [0.15, 0.2) is 0 Å². The fourth-order valence-corrected chi connectivity index (χ4v) is 2.02. The van der Waals surface area contributed by atoms with Gasteiger partial charge in [-0.3, -0.25) is 0 Å². The molecule has 0 amide bonds. The summed E-state index contributed by atoms with van der Waals surface area (Å²) in [5, 5.41) is 0. The zero-order chi connectivity index (χ0) is 11.3. The first kappa shape index (κ1) is 13.0. The summed E-state index contributed by atoms with van der Waals surface area (Å²) < 4.78 is 11.3. The summed E-state index contributed by atoms with van der Waals surface area (Å²) in [6.45, 7) is 11.4. The zero-order valence-corrected chi connectivity index (χ0v) is 10.7. The molecule has 0 spiro atoms. The lowest BCUT2D eigenvalue weighted by atomic mass is 9.92. The molecule has 15 heavy (non-hydrogen) atoms. The molecule has 1 aliphatic heterocycles. The highest BCUT2D eigenvalue weighted by Gasteiger charge is 2.18. The molecule has 1 heterocycles. The molecule has 0 unspecified atom stereocenters. The van der Waals surface area contributed by atoms with Crippen molar-refractivity contribution in [1.29, 1.82) is 0 Å². The van der Waals surface area contributed by atoms with Crippen LogP contribution < -0.4 is 0 Å². The minimum atomic E-state index is -0.00265. The van der Waals surface area contributed by atoms with Crippen molar-refractivity contribution < 1.29 is 9.47 Å². The fourth-order valence-electron chi connectivity index (χ4n) is 2.02. The van der Waals surface area contributed by atoms with Crippen LogP contribution in [0.3, 0.4) is 0 Å². The second kappa shape index (κ2) is 5.86. The van der Waals surface area contributed by atoms with Crippen molar-refractivity contribution in [2.45, 2.75) is 52.6 Å². The Hall–Kier alpha value is -0.0800. The van der Waals surface area contributed by atoms with E-state index in [1.54, 1.807) is 0 Å². The van der Waals surface area contributed by atoms with Crippen LogP contribution >= 0.6 is 0 Å². The Labute approximate surface area is 94.3 Å². The van der Waals surface area contributed by atoms with Crippen LogP contribution in [0.4, 0.5) is 0 Å². The van der Waals surface area contributed by atoms with Crippen LogP contribution in [-0.4, -0.2) is 25.4 Å². The molecule has 0 aromatic heterocycles. The maximum atomic E-state index is 5.79. The Bertz CT molecular complexity index is 166. The van der Waals surface area contributed by atoms with E-state index in [0.29, 0.717) is 5.92 Å². The Balaban J connectivity index is 2.14. The van der Waals surface area contributed by atoms with Crippen molar-refractivity contribution in [3.05, 3.63) is 0 Å². The lowest BCUT2D eigenvalue weighted by Crippen LogP contribution is -2.25. The largest absolute Gasteiger partial charge is 0.381 e. The Kier molecular flexibility index (Phi) is 5.07. The highest BCUT2D eigenvalue weighted by Crippen LogP contribution is 2.22. The quantitative estimate of drug-likeness (QED) is 0.715. The van der Waals surface area contributed by atoms with E-state index >= 15 is 0 Å². The van der Waals surface area contributed by atoms with Gasteiger partial charge in [-0.15, -0.1) is 0 Å². The average molecular weight is 214 g/mol. The molecular formula is C13H26O2. The Morgan fingerprint density at radius 2 is 2.13 bits per heavy atom. The van der Waals surface area contributed by atoms with Crippen molar-refractivity contribution >= 4 is 0 Å². The predicted molar refractivity (Wildman–Crippen MR) is 63.0 cm³/mol. The van der Waals surface area contributed by atoms with E-state index in [1.807, 2.05) is 0 Å². The van der Waals surface area contributed by atoms with Gasteiger partial charge in [-0.2, -0.15) is 0 Å². The van der Waals surface area contributed by atoms with Gasteiger partial charge in [0.15, 0.2) is 0 Å². The topological polar surface area (TPSA) is 18.5 Å². The van der Waals surface area contributed by atoms with Gasteiger partial charge in [0, 0.05) is 19.8 Å². The molecule has 1 aliphatic rings. The standard InChI is InChI=1S/C13H26O2/c1-11(9-15-13(2,3)4)8-12-6-5-7-14-10-12/h11-12H,5-10H2,1-4H3/t11-,12+/m0/s1. The van der Waals surface area contributed by atoms with Crippen molar-refractivity contribution in [2.75, 3.05) is 19.8 Å². The van der Waals surface area contributed by atoms with Gasteiger partial charge in [-0.1, -0.05) is 6.92 Å². The molecule has 1 fully saturated rings. The van der Waals surface area contributed by atoms with Gasteiger partial charge in [0.05, 0.1) is 5.60 Å². The SMILES string of the molecule is C[C@H](COC(C)(C)C)C[C@H]1CCCOC1. The number of rotatable bonds is 4. The third-order valence-electron chi connectivity index (χ3n) is 2.79. The fraction of sp³-hybridized carbons (Fsp3) is 1.00. The summed E-state index contributed by atoms with van der Waals surface area (Å²) >= 11 is 0. The van der Waals surface area contributed by atoms with Gasteiger partial charge in [-0.25, -0.2) is 0 Å². The van der Waals surface area contributed by atoms with Gasteiger partial charge in [0.1, 0.15) is 0 Å². The van der Waals surface area contributed by atoms with E-state index < -0.39 is 0 Å². The first-order valence-corrected chi connectivity index (χ1v) is 6.19. The summed E-state index contributed by atoms with van der Waals surface area (Å²) in [4.78, 5) is 0. The van der Waals surface area contributed by atoms with Crippen LogP contribution in [0.5, 0.6) is 0 Å². The lowest BCUT2D eigenvalue weighted by Gasteiger charge is -2.27. The van der Waals surface area contributed by atoms with E-state index in [9.17, 15) is 0 Å². The van der Waals surface area contributed by atoms with E-state index in [0.717, 1.165) is 25.7 Å². The van der Waals surface area contributed by atoms with Crippen LogP contribution in [0.2, 0.25) is 0 Å². The summed E-state index contributed by atoms with van der Waals surface area (Å²) in [6, 6.07) is 0. The van der Waals surface area contributed by atoms with Crippen LogP contribution in [0, 0.1) is 11.8 Å². The van der Waals surface area contributed by atoms with E-state index in [2.05, 4.69) is 27.7 Å². The van der Waals surface area contributed by atoms with Crippen LogP contribution in [0.1, 0.15) is 47.0 Å². The first-order chi connectivity index (χ1) is 6.97.